The van der Waals surface area contributed by atoms with Gasteiger partial charge in [-0.15, -0.1) is 0 Å². The molecule has 3 aliphatic carbocycles. The van der Waals surface area contributed by atoms with E-state index >= 15 is 0 Å². The molecule has 0 radical (unpaired) electrons. The van der Waals surface area contributed by atoms with E-state index in [1.807, 2.05) is 24.3 Å². The first-order valence-corrected chi connectivity index (χ1v) is 14.6. The van der Waals surface area contributed by atoms with E-state index < -0.39 is 30.3 Å². The largest absolute Gasteiger partial charge is 0.452 e. The van der Waals surface area contributed by atoms with E-state index in [1.165, 1.54) is 17.0 Å². The van der Waals surface area contributed by atoms with Crippen molar-refractivity contribution in [1.82, 2.24) is 0 Å². The molecule has 4 aromatic rings. The minimum absolute atomic E-state index is 0.122. The highest BCUT2D eigenvalue weighted by atomic mass is 79.9. The lowest BCUT2D eigenvalue weighted by Gasteiger charge is -2.45. The summed E-state index contributed by atoms with van der Waals surface area (Å²) in [7, 11) is 0. The minimum Gasteiger partial charge on any atom is -0.452 e. The number of amides is 3. The van der Waals surface area contributed by atoms with E-state index in [0.29, 0.717) is 20.9 Å². The lowest BCUT2D eigenvalue weighted by Crippen LogP contribution is -2.41. The Morgan fingerprint density at radius 2 is 1.36 bits per heavy atom. The maximum Gasteiger partial charge on any atom is 0.338 e. The molecule has 1 N–H and O–H groups in total. The number of nitrogens with one attached hydrogen (secondary N) is 1. The normalized spacial score (nSPS) is 21.4. The fraction of sp³-hybridized carbons (Fsp3) is 0.152. The molecule has 0 saturated carbocycles. The zero-order chi connectivity index (χ0) is 29.1. The number of carbonyl (C=O) groups is 4. The Bertz CT molecular complexity index is 1710. The molecule has 7 nitrogen and oxygen atoms in total. The molecule has 1 heterocycles. The molecular weight excluding hydrogens is 620 g/mol. The zero-order valence-electron chi connectivity index (χ0n) is 21.9. The number of nitrogens with zero attached hydrogens (tertiary/aromatic N) is 1. The fourth-order valence-electron chi connectivity index (χ4n) is 6.69. The maximum atomic E-state index is 14.0. The number of esters is 1. The van der Waals surface area contributed by atoms with Gasteiger partial charge in [0.05, 0.1) is 28.1 Å². The second kappa shape index (κ2) is 10.2. The van der Waals surface area contributed by atoms with Gasteiger partial charge < -0.3 is 10.1 Å². The molecule has 42 heavy (non-hydrogen) atoms. The monoisotopic (exact) mass is 640 g/mol. The van der Waals surface area contributed by atoms with Crippen LogP contribution in [-0.2, 0) is 19.1 Å². The molecule has 3 amide bonds. The Hall–Kier alpha value is -4.27. The van der Waals surface area contributed by atoms with Crippen LogP contribution < -0.4 is 10.2 Å². The number of hydrogen-bond acceptors (Lipinski definition) is 5. The van der Waals surface area contributed by atoms with Gasteiger partial charge in [0.1, 0.15) is 0 Å². The molecule has 1 aliphatic heterocycles. The van der Waals surface area contributed by atoms with E-state index in [9.17, 15) is 19.2 Å². The Balaban J connectivity index is 1.12. The van der Waals surface area contributed by atoms with Crippen LogP contribution in [0, 0.1) is 11.8 Å². The van der Waals surface area contributed by atoms with Crippen molar-refractivity contribution in [2.24, 2.45) is 11.8 Å². The Kier molecular flexibility index (Phi) is 6.48. The van der Waals surface area contributed by atoms with Crippen LogP contribution >= 0.6 is 27.5 Å². The molecule has 1 saturated heterocycles. The summed E-state index contributed by atoms with van der Waals surface area (Å²) in [6.45, 7) is -0.525. The van der Waals surface area contributed by atoms with E-state index in [4.69, 9.17) is 16.3 Å². The molecule has 0 spiro atoms. The molecule has 9 heteroatoms. The van der Waals surface area contributed by atoms with E-state index in [-0.39, 0.29) is 29.2 Å². The number of anilines is 2. The van der Waals surface area contributed by atoms with E-state index in [1.54, 1.807) is 30.3 Å². The van der Waals surface area contributed by atoms with Crippen LogP contribution in [0.15, 0.2) is 95.5 Å². The van der Waals surface area contributed by atoms with Crippen LogP contribution in [0.1, 0.15) is 44.4 Å². The second-order valence-electron chi connectivity index (χ2n) is 10.6. The summed E-state index contributed by atoms with van der Waals surface area (Å²) >= 11 is 9.35. The van der Waals surface area contributed by atoms with Gasteiger partial charge in [0.15, 0.2) is 6.61 Å². The number of halogens is 2. The number of rotatable bonds is 5. The van der Waals surface area contributed by atoms with Crippen LogP contribution in [0.4, 0.5) is 11.4 Å². The third-order valence-electron chi connectivity index (χ3n) is 8.33. The van der Waals surface area contributed by atoms with Crippen LogP contribution in [0.5, 0.6) is 0 Å². The summed E-state index contributed by atoms with van der Waals surface area (Å²) in [4.78, 5) is 54.5. The molecule has 2 atom stereocenters. The average Bonchev–Trinajstić information content (AvgIpc) is 3.27. The number of benzene rings is 4. The predicted molar refractivity (Wildman–Crippen MR) is 161 cm³/mol. The minimum atomic E-state index is -0.753. The van der Waals surface area contributed by atoms with Crippen molar-refractivity contribution in [1.29, 1.82) is 0 Å². The van der Waals surface area contributed by atoms with Crippen molar-refractivity contribution < 1.29 is 23.9 Å². The van der Waals surface area contributed by atoms with Gasteiger partial charge in [0.25, 0.3) is 5.91 Å². The van der Waals surface area contributed by atoms with Crippen molar-refractivity contribution in [3.05, 3.63) is 128 Å². The van der Waals surface area contributed by atoms with Gasteiger partial charge in [0, 0.05) is 22.0 Å². The first kappa shape index (κ1) is 26.6. The van der Waals surface area contributed by atoms with E-state index in [0.717, 1.165) is 22.3 Å². The molecule has 0 aromatic heterocycles. The highest BCUT2D eigenvalue weighted by Gasteiger charge is 2.61. The SMILES string of the molecule is O=C(COC(=O)c1cccc(N2C(=O)[C@H]3C4c5ccccc5C(c5ccccc54)[C@@H]3C2=O)c1)Nc1ccc(Br)c(Cl)c1. The molecule has 4 aliphatic rings. The quantitative estimate of drug-likeness (QED) is 0.204. The number of imide groups is 1. The highest BCUT2D eigenvalue weighted by molar-refractivity contribution is 9.10. The van der Waals surface area contributed by atoms with Gasteiger partial charge in [0.2, 0.25) is 11.8 Å². The Morgan fingerprint density at radius 1 is 0.786 bits per heavy atom. The third-order valence-corrected chi connectivity index (χ3v) is 9.56. The topological polar surface area (TPSA) is 92.8 Å². The van der Waals surface area contributed by atoms with Crippen LogP contribution in [0.2, 0.25) is 5.02 Å². The first-order chi connectivity index (χ1) is 20.3. The summed E-state index contributed by atoms with van der Waals surface area (Å²) in [5.41, 5.74) is 5.24. The standard InChI is InChI=1S/C33H22BrClN2O5/c34-24-13-12-18(15-25(24)35)36-26(38)16-42-33(41)17-6-5-7-19(14-17)37-31(39)29-27-20-8-1-2-9-21(20)28(30(29)32(37)40)23-11-4-3-10-22(23)27/h1-15,27-30H,16H2,(H,36,38)/t27?,28?,29-,30-/m0/s1. The molecule has 4 aromatic carbocycles. The number of hydrogen-bond donors (Lipinski definition) is 1. The van der Waals surface area contributed by atoms with Gasteiger partial charge >= 0.3 is 5.97 Å². The molecule has 2 bridgehead atoms. The van der Waals surface area contributed by atoms with Crippen molar-refractivity contribution in [2.45, 2.75) is 11.8 Å². The highest BCUT2D eigenvalue weighted by Crippen LogP contribution is 2.61. The summed E-state index contributed by atoms with van der Waals surface area (Å²) in [6, 6.07) is 27.2. The van der Waals surface area contributed by atoms with Crippen molar-refractivity contribution in [3.8, 4) is 0 Å². The van der Waals surface area contributed by atoms with Gasteiger partial charge in [-0.1, -0.05) is 66.2 Å². The first-order valence-electron chi connectivity index (χ1n) is 13.4. The van der Waals surface area contributed by atoms with Crippen LogP contribution in [0.3, 0.4) is 0 Å². The summed E-state index contributed by atoms with van der Waals surface area (Å²) in [5.74, 6) is -3.34. The lowest BCUT2D eigenvalue weighted by molar-refractivity contribution is -0.122. The summed E-state index contributed by atoms with van der Waals surface area (Å²) in [5, 5.41) is 3.05. The summed E-state index contributed by atoms with van der Waals surface area (Å²) in [6.07, 6.45) is 0. The zero-order valence-corrected chi connectivity index (χ0v) is 24.3. The van der Waals surface area contributed by atoms with Crippen molar-refractivity contribution in [2.75, 3.05) is 16.8 Å². The fourth-order valence-corrected chi connectivity index (χ4v) is 7.12. The Morgan fingerprint density at radius 3 is 1.90 bits per heavy atom. The molecular formula is C33H22BrClN2O5. The lowest BCUT2D eigenvalue weighted by atomic mass is 9.55. The summed E-state index contributed by atoms with van der Waals surface area (Å²) < 4.78 is 5.91. The predicted octanol–water partition coefficient (Wildman–Crippen LogP) is 6.29. The van der Waals surface area contributed by atoms with Crippen molar-refractivity contribution in [3.63, 3.8) is 0 Å². The Labute approximate surface area is 254 Å². The van der Waals surface area contributed by atoms with E-state index in [2.05, 4.69) is 45.5 Å². The maximum absolute atomic E-state index is 14.0. The average molecular weight is 642 g/mol. The number of carbonyl (C=O) groups excluding carboxylic acids is 4. The van der Waals surface area contributed by atoms with Crippen LogP contribution in [-0.4, -0.2) is 30.3 Å². The molecule has 1 fully saturated rings. The second-order valence-corrected chi connectivity index (χ2v) is 11.8. The van der Waals surface area contributed by atoms with Crippen molar-refractivity contribution >= 4 is 62.6 Å². The molecule has 208 valence electrons. The van der Waals surface area contributed by atoms with Gasteiger partial charge in [-0.2, -0.15) is 0 Å². The van der Waals surface area contributed by atoms with Crippen LogP contribution in [0.25, 0.3) is 0 Å². The van der Waals surface area contributed by atoms with Gasteiger partial charge in [-0.3, -0.25) is 14.4 Å². The van der Waals surface area contributed by atoms with Gasteiger partial charge in [-0.25, -0.2) is 9.69 Å². The third kappa shape index (κ3) is 4.16. The van der Waals surface area contributed by atoms with Gasteiger partial charge in [-0.05, 0) is 74.6 Å². The molecule has 0 unspecified atom stereocenters. The molecule has 8 rings (SSSR count). The smallest absolute Gasteiger partial charge is 0.338 e. The number of ether oxygens (including phenoxy) is 1.